The van der Waals surface area contributed by atoms with Gasteiger partial charge in [0.1, 0.15) is 0 Å². The zero-order valence-corrected chi connectivity index (χ0v) is 14.7. The monoisotopic (exact) mass is 284 g/mol. The van der Waals surface area contributed by atoms with E-state index in [9.17, 15) is 0 Å². The summed E-state index contributed by atoms with van der Waals surface area (Å²) >= 11 is 0. The predicted molar refractivity (Wildman–Crippen MR) is 92.5 cm³/mol. The lowest BCUT2D eigenvalue weighted by Gasteiger charge is -2.18. The zero-order valence-electron chi connectivity index (χ0n) is 14.7. The van der Waals surface area contributed by atoms with Crippen molar-refractivity contribution in [2.75, 3.05) is 27.7 Å². The first kappa shape index (κ1) is 19.9. The molecule has 0 fully saturated rings. The molecule has 20 heavy (non-hydrogen) atoms. The molecule has 0 aliphatic heterocycles. The minimum absolute atomic E-state index is 0.714. The van der Waals surface area contributed by atoms with Gasteiger partial charge in [-0.25, -0.2) is 0 Å². The molecule has 0 aromatic rings. The summed E-state index contributed by atoms with van der Waals surface area (Å²) in [7, 11) is 6.43. The van der Waals surface area contributed by atoms with E-state index in [-0.39, 0.29) is 0 Å². The van der Waals surface area contributed by atoms with Crippen LogP contribution in [0.5, 0.6) is 0 Å². The molecule has 1 unspecified atom stereocenters. The second-order valence-electron chi connectivity index (χ2n) is 6.55. The van der Waals surface area contributed by atoms with Crippen LogP contribution in [0, 0.1) is 0 Å². The van der Waals surface area contributed by atoms with E-state index in [0.717, 1.165) is 0 Å². The van der Waals surface area contributed by atoms with E-state index in [2.05, 4.69) is 38.3 Å². The van der Waals surface area contributed by atoms with Crippen LogP contribution in [0.15, 0.2) is 0 Å². The topological polar surface area (TPSA) is 15.3 Å². The summed E-state index contributed by atoms with van der Waals surface area (Å²) in [6.45, 7) is 3.49. The fourth-order valence-electron chi connectivity index (χ4n) is 2.73. The van der Waals surface area contributed by atoms with Gasteiger partial charge in [-0.05, 0) is 40.5 Å². The second kappa shape index (κ2) is 15.3. The maximum Gasteiger partial charge on any atom is 0.00762 e. The van der Waals surface area contributed by atoms with Crippen molar-refractivity contribution in [3.63, 3.8) is 0 Å². The molecule has 0 rings (SSSR count). The molecule has 0 aliphatic carbocycles. The van der Waals surface area contributed by atoms with Gasteiger partial charge in [0.2, 0.25) is 0 Å². The van der Waals surface area contributed by atoms with Gasteiger partial charge >= 0.3 is 0 Å². The summed E-state index contributed by atoms with van der Waals surface area (Å²) in [6.07, 6.45) is 17.0. The summed E-state index contributed by atoms with van der Waals surface area (Å²) in [5.41, 5.74) is 0. The van der Waals surface area contributed by atoms with Crippen LogP contribution in [-0.2, 0) is 0 Å². The highest BCUT2D eigenvalue weighted by molar-refractivity contribution is 4.66. The van der Waals surface area contributed by atoms with Crippen molar-refractivity contribution < 1.29 is 0 Å². The number of nitrogens with one attached hydrogen (secondary N) is 1. The van der Waals surface area contributed by atoms with Gasteiger partial charge in [-0.15, -0.1) is 0 Å². The van der Waals surface area contributed by atoms with Crippen LogP contribution in [0.1, 0.15) is 84.0 Å². The number of hydrogen-bond acceptors (Lipinski definition) is 2. The Hall–Kier alpha value is -0.0800. The van der Waals surface area contributed by atoms with E-state index < -0.39 is 0 Å². The van der Waals surface area contributed by atoms with Crippen molar-refractivity contribution in [1.82, 2.24) is 10.2 Å². The molecule has 1 N–H and O–H groups in total. The first-order valence-corrected chi connectivity index (χ1v) is 9.02. The van der Waals surface area contributed by atoms with Gasteiger partial charge in [0, 0.05) is 6.04 Å². The number of rotatable bonds is 15. The van der Waals surface area contributed by atoms with E-state index >= 15 is 0 Å². The molecule has 0 aromatic carbocycles. The summed E-state index contributed by atoms with van der Waals surface area (Å²) in [5, 5.41) is 3.46. The van der Waals surface area contributed by atoms with E-state index in [1.807, 2.05) is 0 Å². The number of nitrogens with zero attached hydrogens (tertiary/aromatic N) is 1. The molecule has 0 amide bonds. The highest BCUT2D eigenvalue weighted by Crippen LogP contribution is 2.12. The molecular weight excluding hydrogens is 244 g/mol. The largest absolute Gasteiger partial charge is 0.317 e. The van der Waals surface area contributed by atoms with Gasteiger partial charge in [0.15, 0.2) is 0 Å². The fourth-order valence-corrected chi connectivity index (χ4v) is 2.73. The quantitative estimate of drug-likeness (QED) is 0.433. The first-order valence-electron chi connectivity index (χ1n) is 9.02. The van der Waals surface area contributed by atoms with E-state index in [0.29, 0.717) is 6.04 Å². The smallest absolute Gasteiger partial charge is 0.00762 e. The molecule has 0 heterocycles. The van der Waals surface area contributed by atoms with Crippen molar-refractivity contribution in [3.05, 3.63) is 0 Å². The molecule has 0 saturated heterocycles. The molecule has 2 nitrogen and oxygen atoms in total. The second-order valence-corrected chi connectivity index (χ2v) is 6.55. The third-order valence-electron chi connectivity index (χ3n) is 4.24. The van der Waals surface area contributed by atoms with Gasteiger partial charge in [-0.1, -0.05) is 71.1 Å². The summed E-state index contributed by atoms with van der Waals surface area (Å²) in [6, 6.07) is 0.714. The van der Waals surface area contributed by atoms with Crippen LogP contribution < -0.4 is 5.32 Å². The standard InChI is InChI=1S/C18H40N2/c1-5-6-7-8-9-10-11-12-13-14-15-18(19-2)16-17-20(3)4/h18-19H,5-17H2,1-4H3. The summed E-state index contributed by atoms with van der Waals surface area (Å²) < 4.78 is 0. The Kier molecular flexibility index (Phi) is 15.3. The van der Waals surface area contributed by atoms with E-state index in [4.69, 9.17) is 0 Å². The van der Waals surface area contributed by atoms with Gasteiger partial charge in [-0.2, -0.15) is 0 Å². The predicted octanol–water partition coefficient (Wildman–Crippen LogP) is 4.84. The molecule has 0 saturated carbocycles. The van der Waals surface area contributed by atoms with Crippen LogP contribution in [0.2, 0.25) is 0 Å². The zero-order chi connectivity index (χ0) is 15.1. The lowest BCUT2D eigenvalue weighted by Crippen LogP contribution is -2.29. The normalized spacial score (nSPS) is 13.1. The molecular formula is C18H40N2. The van der Waals surface area contributed by atoms with Crippen molar-refractivity contribution in [3.8, 4) is 0 Å². The van der Waals surface area contributed by atoms with Crippen molar-refractivity contribution in [2.24, 2.45) is 0 Å². The average Bonchev–Trinajstić information content (AvgIpc) is 2.44. The van der Waals surface area contributed by atoms with Gasteiger partial charge < -0.3 is 10.2 Å². The van der Waals surface area contributed by atoms with Crippen LogP contribution in [-0.4, -0.2) is 38.6 Å². The Morgan fingerprint density at radius 3 is 1.70 bits per heavy atom. The van der Waals surface area contributed by atoms with Crippen molar-refractivity contribution in [1.29, 1.82) is 0 Å². The summed E-state index contributed by atoms with van der Waals surface area (Å²) in [4.78, 5) is 2.28. The Labute approximate surface area is 128 Å². The Bertz CT molecular complexity index is 180. The maximum absolute atomic E-state index is 3.46. The molecule has 2 heteroatoms. The molecule has 0 spiro atoms. The van der Waals surface area contributed by atoms with Crippen LogP contribution in [0.25, 0.3) is 0 Å². The summed E-state index contributed by atoms with van der Waals surface area (Å²) in [5.74, 6) is 0. The minimum Gasteiger partial charge on any atom is -0.317 e. The number of hydrogen-bond donors (Lipinski definition) is 1. The average molecular weight is 285 g/mol. The molecule has 0 aliphatic rings. The van der Waals surface area contributed by atoms with Gasteiger partial charge in [-0.3, -0.25) is 0 Å². The lowest BCUT2D eigenvalue weighted by molar-refractivity contribution is 0.352. The minimum atomic E-state index is 0.714. The van der Waals surface area contributed by atoms with Crippen molar-refractivity contribution >= 4 is 0 Å². The van der Waals surface area contributed by atoms with Crippen LogP contribution >= 0.6 is 0 Å². The lowest BCUT2D eigenvalue weighted by atomic mass is 10.0. The van der Waals surface area contributed by atoms with Crippen LogP contribution in [0.3, 0.4) is 0 Å². The van der Waals surface area contributed by atoms with Gasteiger partial charge in [0.25, 0.3) is 0 Å². The third kappa shape index (κ3) is 14.3. The highest BCUT2D eigenvalue weighted by atomic mass is 15.1. The highest BCUT2D eigenvalue weighted by Gasteiger charge is 2.05. The molecule has 122 valence electrons. The molecule has 0 aromatic heterocycles. The first-order chi connectivity index (χ1) is 9.70. The van der Waals surface area contributed by atoms with Crippen molar-refractivity contribution in [2.45, 2.75) is 90.0 Å². The Morgan fingerprint density at radius 1 is 0.750 bits per heavy atom. The fraction of sp³-hybridized carbons (Fsp3) is 1.00. The Morgan fingerprint density at radius 2 is 1.25 bits per heavy atom. The van der Waals surface area contributed by atoms with E-state index in [1.165, 1.54) is 83.6 Å². The molecule has 0 bridgehead atoms. The SMILES string of the molecule is CCCCCCCCCCCCC(CCN(C)C)NC. The third-order valence-corrected chi connectivity index (χ3v) is 4.24. The Balaban J connectivity index is 3.24. The van der Waals surface area contributed by atoms with Gasteiger partial charge in [0.05, 0.1) is 0 Å². The number of unbranched alkanes of at least 4 members (excludes halogenated alkanes) is 9. The van der Waals surface area contributed by atoms with E-state index in [1.54, 1.807) is 0 Å². The maximum atomic E-state index is 3.46. The van der Waals surface area contributed by atoms with Crippen LogP contribution in [0.4, 0.5) is 0 Å². The molecule has 1 atom stereocenters. The molecule has 0 radical (unpaired) electrons.